The summed E-state index contributed by atoms with van der Waals surface area (Å²) in [5.41, 5.74) is -0.396. The molecule has 0 aliphatic carbocycles. The van der Waals surface area contributed by atoms with E-state index in [-0.39, 0.29) is 12.1 Å². The number of rotatable bonds is 2. The molecule has 108 valence electrons. The van der Waals surface area contributed by atoms with Crippen LogP contribution in [0.1, 0.15) is 26.3 Å². The third-order valence-corrected chi connectivity index (χ3v) is 2.13. The van der Waals surface area contributed by atoms with Crippen molar-refractivity contribution in [2.45, 2.75) is 26.4 Å². The van der Waals surface area contributed by atoms with Crippen LogP contribution in [0, 0.1) is 17.7 Å². The molecular formula is C15H18FNO3. The summed E-state index contributed by atoms with van der Waals surface area (Å²) in [6, 6.07) is 4.46. The highest BCUT2D eigenvalue weighted by molar-refractivity contribution is 5.68. The molecule has 0 heterocycles. The van der Waals surface area contributed by atoms with Crippen LogP contribution in [0.25, 0.3) is 0 Å². The number of amides is 1. The first kappa shape index (κ1) is 15.8. The van der Waals surface area contributed by atoms with Crippen molar-refractivity contribution in [3.8, 4) is 17.6 Å². The Morgan fingerprint density at radius 3 is 2.70 bits per heavy atom. The Hall–Kier alpha value is -2.22. The monoisotopic (exact) mass is 279 g/mol. The van der Waals surface area contributed by atoms with Gasteiger partial charge >= 0.3 is 6.09 Å². The first-order chi connectivity index (χ1) is 9.33. The molecule has 1 rings (SSSR count). The van der Waals surface area contributed by atoms with Crippen LogP contribution in [0.4, 0.5) is 9.18 Å². The zero-order valence-electron chi connectivity index (χ0n) is 12.0. The van der Waals surface area contributed by atoms with Gasteiger partial charge in [0.15, 0.2) is 0 Å². The number of benzene rings is 1. The van der Waals surface area contributed by atoms with Crippen molar-refractivity contribution in [2.24, 2.45) is 0 Å². The number of hydrogen-bond donors (Lipinski definition) is 1. The number of methoxy groups -OCH3 is 1. The number of carbonyl (C=O) groups is 1. The molecular weight excluding hydrogens is 261 g/mol. The summed E-state index contributed by atoms with van der Waals surface area (Å²) >= 11 is 0. The maximum Gasteiger partial charge on any atom is 0.408 e. The topological polar surface area (TPSA) is 47.6 Å². The van der Waals surface area contributed by atoms with Crippen molar-refractivity contribution in [3.05, 3.63) is 29.6 Å². The fourth-order valence-electron chi connectivity index (χ4n) is 1.36. The molecule has 1 N–H and O–H groups in total. The summed E-state index contributed by atoms with van der Waals surface area (Å²) in [6.07, 6.45) is -0.563. The van der Waals surface area contributed by atoms with Crippen LogP contribution in [0.5, 0.6) is 5.75 Å². The molecule has 0 unspecified atom stereocenters. The molecule has 0 radical (unpaired) electrons. The van der Waals surface area contributed by atoms with Crippen LogP contribution in [0.2, 0.25) is 0 Å². The van der Waals surface area contributed by atoms with Gasteiger partial charge in [-0.2, -0.15) is 0 Å². The lowest BCUT2D eigenvalue weighted by atomic mass is 10.2. The molecule has 0 saturated carbocycles. The summed E-state index contributed by atoms with van der Waals surface area (Å²) in [4.78, 5) is 11.4. The minimum Gasteiger partial charge on any atom is -0.495 e. The molecule has 4 nitrogen and oxygen atoms in total. The maximum atomic E-state index is 13.6. The highest BCUT2D eigenvalue weighted by Crippen LogP contribution is 2.19. The van der Waals surface area contributed by atoms with Crippen molar-refractivity contribution < 1.29 is 18.7 Å². The lowest BCUT2D eigenvalue weighted by Crippen LogP contribution is -2.32. The van der Waals surface area contributed by atoms with Crippen LogP contribution < -0.4 is 10.1 Å². The summed E-state index contributed by atoms with van der Waals surface area (Å²) in [6.45, 7) is 5.36. The molecule has 0 atom stereocenters. The Labute approximate surface area is 118 Å². The van der Waals surface area contributed by atoms with Crippen LogP contribution >= 0.6 is 0 Å². The Morgan fingerprint density at radius 1 is 1.40 bits per heavy atom. The summed E-state index contributed by atoms with van der Waals surface area (Å²) < 4.78 is 23.6. The van der Waals surface area contributed by atoms with Gasteiger partial charge in [-0.3, -0.25) is 0 Å². The second-order valence-electron chi connectivity index (χ2n) is 4.97. The lowest BCUT2D eigenvalue weighted by Gasteiger charge is -2.19. The Morgan fingerprint density at radius 2 is 2.10 bits per heavy atom. The van der Waals surface area contributed by atoms with Gasteiger partial charge in [-0.15, -0.1) is 0 Å². The molecule has 0 aliphatic rings. The average Bonchev–Trinajstić information content (AvgIpc) is 2.33. The van der Waals surface area contributed by atoms with E-state index < -0.39 is 17.5 Å². The van der Waals surface area contributed by atoms with Gasteiger partial charge in [0.25, 0.3) is 0 Å². The van der Waals surface area contributed by atoms with E-state index in [1.54, 1.807) is 26.8 Å². The van der Waals surface area contributed by atoms with E-state index in [1.165, 1.54) is 19.2 Å². The Kier molecular flexibility index (Phi) is 5.39. The van der Waals surface area contributed by atoms with E-state index in [1.807, 2.05) is 0 Å². The standard InChI is InChI=1S/C15H18FNO3/c1-15(2,3)20-14(18)17-10-6-7-11-12(16)8-5-9-13(11)19-4/h5,8-9H,10H2,1-4H3,(H,17,18). The average molecular weight is 279 g/mol. The molecule has 5 heteroatoms. The molecule has 1 aromatic carbocycles. The highest BCUT2D eigenvalue weighted by atomic mass is 19.1. The van der Waals surface area contributed by atoms with Crippen LogP contribution in [0.3, 0.4) is 0 Å². The van der Waals surface area contributed by atoms with E-state index in [4.69, 9.17) is 9.47 Å². The smallest absolute Gasteiger partial charge is 0.408 e. The van der Waals surface area contributed by atoms with E-state index in [2.05, 4.69) is 17.2 Å². The van der Waals surface area contributed by atoms with E-state index in [0.717, 1.165) is 0 Å². The summed E-state index contributed by atoms with van der Waals surface area (Å²) in [7, 11) is 1.44. The quantitative estimate of drug-likeness (QED) is 0.847. The second-order valence-corrected chi connectivity index (χ2v) is 4.97. The zero-order chi connectivity index (χ0) is 15.2. The Bertz CT molecular complexity index is 538. The molecule has 0 aromatic heterocycles. The van der Waals surface area contributed by atoms with Crippen molar-refractivity contribution in [3.63, 3.8) is 0 Å². The van der Waals surface area contributed by atoms with Crippen LogP contribution in [-0.4, -0.2) is 25.3 Å². The third kappa shape index (κ3) is 5.19. The third-order valence-electron chi connectivity index (χ3n) is 2.13. The molecule has 1 aromatic rings. The molecule has 0 bridgehead atoms. The number of carbonyl (C=O) groups excluding carboxylic acids is 1. The Balaban J connectivity index is 2.62. The predicted octanol–water partition coefficient (Wildman–Crippen LogP) is 2.71. The van der Waals surface area contributed by atoms with Gasteiger partial charge in [0.05, 0.1) is 13.7 Å². The molecule has 0 saturated heterocycles. The number of alkyl carbamates (subject to hydrolysis) is 1. The fourth-order valence-corrected chi connectivity index (χ4v) is 1.36. The number of halogens is 1. The van der Waals surface area contributed by atoms with Gasteiger partial charge in [-0.25, -0.2) is 9.18 Å². The van der Waals surface area contributed by atoms with Crippen LogP contribution in [0.15, 0.2) is 18.2 Å². The van der Waals surface area contributed by atoms with E-state index in [9.17, 15) is 9.18 Å². The number of hydrogen-bond acceptors (Lipinski definition) is 3. The SMILES string of the molecule is COc1cccc(F)c1C#CCNC(=O)OC(C)(C)C. The summed E-state index contributed by atoms with van der Waals surface area (Å²) in [5.74, 6) is 5.17. The summed E-state index contributed by atoms with van der Waals surface area (Å²) in [5, 5.41) is 2.47. The number of ether oxygens (including phenoxy) is 2. The van der Waals surface area contributed by atoms with Gasteiger partial charge in [-0.1, -0.05) is 17.9 Å². The van der Waals surface area contributed by atoms with Crippen LogP contribution in [-0.2, 0) is 4.74 Å². The molecule has 0 fully saturated rings. The molecule has 0 spiro atoms. The maximum absolute atomic E-state index is 13.6. The highest BCUT2D eigenvalue weighted by Gasteiger charge is 2.15. The van der Waals surface area contributed by atoms with E-state index >= 15 is 0 Å². The minimum absolute atomic E-state index is 0.0619. The van der Waals surface area contributed by atoms with Gasteiger partial charge in [0, 0.05) is 0 Å². The molecule has 20 heavy (non-hydrogen) atoms. The zero-order valence-corrected chi connectivity index (χ0v) is 12.0. The molecule has 0 aliphatic heterocycles. The van der Waals surface area contributed by atoms with Crippen molar-refractivity contribution >= 4 is 6.09 Å². The largest absolute Gasteiger partial charge is 0.495 e. The van der Waals surface area contributed by atoms with Crippen molar-refractivity contribution in [1.82, 2.24) is 5.32 Å². The predicted molar refractivity (Wildman–Crippen MR) is 74.1 cm³/mol. The first-order valence-corrected chi connectivity index (χ1v) is 6.11. The first-order valence-electron chi connectivity index (χ1n) is 6.11. The van der Waals surface area contributed by atoms with Gasteiger partial charge in [-0.05, 0) is 32.9 Å². The second kappa shape index (κ2) is 6.80. The van der Waals surface area contributed by atoms with E-state index in [0.29, 0.717) is 5.75 Å². The lowest BCUT2D eigenvalue weighted by molar-refractivity contribution is 0.0535. The normalized spacial score (nSPS) is 10.2. The van der Waals surface area contributed by atoms with Gasteiger partial charge < -0.3 is 14.8 Å². The van der Waals surface area contributed by atoms with Gasteiger partial charge in [0.1, 0.15) is 22.7 Å². The van der Waals surface area contributed by atoms with Crippen molar-refractivity contribution in [1.29, 1.82) is 0 Å². The van der Waals surface area contributed by atoms with Gasteiger partial charge in [0.2, 0.25) is 0 Å². The number of nitrogens with one attached hydrogen (secondary N) is 1. The minimum atomic E-state index is -0.563. The van der Waals surface area contributed by atoms with Crippen molar-refractivity contribution in [2.75, 3.05) is 13.7 Å². The fraction of sp³-hybridized carbons (Fsp3) is 0.400. The molecule has 1 amide bonds.